The monoisotopic (exact) mass is 418 g/mol. The van der Waals surface area contributed by atoms with Crippen molar-refractivity contribution in [1.29, 1.82) is 0 Å². The maximum absolute atomic E-state index is 13.0. The van der Waals surface area contributed by atoms with Gasteiger partial charge in [-0.3, -0.25) is 25.6 Å². The number of hydrogen-bond donors (Lipinski definition) is 2. The molecule has 1 saturated carbocycles. The molecule has 0 radical (unpaired) electrons. The first-order valence-corrected chi connectivity index (χ1v) is 10.3. The van der Waals surface area contributed by atoms with E-state index in [0.717, 1.165) is 35.1 Å². The van der Waals surface area contributed by atoms with Gasteiger partial charge in [0.1, 0.15) is 11.4 Å². The van der Waals surface area contributed by atoms with E-state index in [2.05, 4.69) is 26.0 Å². The van der Waals surface area contributed by atoms with Gasteiger partial charge in [-0.05, 0) is 49.2 Å². The molecular formula is C21H18N6O2S. The van der Waals surface area contributed by atoms with Gasteiger partial charge in [0, 0.05) is 23.2 Å². The van der Waals surface area contributed by atoms with E-state index in [9.17, 15) is 4.79 Å². The van der Waals surface area contributed by atoms with Crippen LogP contribution in [0.4, 0.5) is 5.13 Å². The van der Waals surface area contributed by atoms with Gasteiger partial charge >= 0.3 is 0 Å². The first kappa shape index (κ1) is 18.4. The van der Waals surface area contributed by atoms with Crippen molar-refractivity contribution >= 4 is 33.3 Å². The number of amides is 1. The van der Waals surface area contributed by atoms with Crippen LogP contribution in [-0.2, 0) is 0 Å². The number of pyridine rings is 2. The van der Waals surface area contributed by atoms with E-state index in [1.54, 1.807) is 13.3 Å². The Balaban J connectivity index is 1.40. The van der Waals surface area contributed by atoms with Crippen LogP contribution >= 0.6 is 11.3 Å². The fourth-order valence-corrected chi connectivity index (χ4v) is 3.85. The number of methoxy groups -OCH3 is 1. The van der Waals surface area contributed by atoms with E-state index >= 15 is 0 Å². The molecule has 4 aromatic rings. The molecule has 3 heterocycles. The molecule has 1 aliphatic carbocycles. The van der Waals surface area contributed by atoms with E-state index in [0.29, 0.717) is 27.4 Å². The summed E-state index contributed by atoms with van der Waals surface area (Å²) in [5, 5.41) is 10.1. The van der Waals surface area contributed by atoms with E-state index in [-0.39, 0.29) is 5.91 Å². The molecule has 1 amide bonds. The van der Waals surface area contributed by atoms with Gasteiger partial charge in [0.05, 0.1) is 18.2 Å². The molecule has 2 N–H and O–H groups in total. The molecule has 0 aliphatic heterocycles. The maximum atomic E-state index is 13.0. The number of anilines is 1. The highest BCUT2D eigenvalue weighted by molar-refractivity contribution is 7.18. The molecule has 0 spiro atoms. The van der Waals surface area contributed by atoms with Crippen molar-refractivity contribution in [2.24, 2.45) is 0 Å². The minimum Gasteiger partial charge on any atom is -0.497 e. The normalized spacial score (nSPS) is 13.2. The van der Waals surface area contributed by atoms with Gasteiger partial charge in [-0.25, -0.2) is 0 Å². The number of carbonyl (C=O) groups is 1. The van der Waals surface area contributed by atoms with Gasteiger partial charge in [-0.2, -0.15) is 0 Å². The Kier molecular flexibility index (Phi) is 4.72. The SMILES string of the molecule is COc1ccc2nc(C3CC3)cc(C(=O)NNc3nnc(-c4ccccn4)s3)c2c1. The van der Waals surface area contributed by atoms with Gasteiger partial charge in [-0.15, -0.1) is 10.2 Å². The molecule has 3 aromatic heterocycles. The molecule has 30 heavy (non-hydrogen) atoms. The van der Waals surface area contributed by atoms with Crippen molar-refractivity contribution in [3.63, 3.8) is 0 Å². The number of fused-ring (bicyclic) bond motifs is 1. The predicted molar refractivity (Wildman–Crippen MR) is 114 cm³/mol. The molecule has 0 saturated heterocycles. The van der Waals surface area contributed by atoms with Crippen LogP contribution in [0, 0.1) is 0 Å². The van der Waals surface area contributed by atoms with Crippen LogP contribution in [0.3, 0.4) is 0 Å². The zero-order valence-corrected chi connectivity index (χ0v) is 16.9. The third-order valence-electron chi connectivity index (χ3n) is 4.87. The van der Waals surface area contributed by atoms with E-state index in [1.165, 1.54) is 11.3 Å². The van der Waals surface area contributed by atoms with E-state index < -0.39 is 0 Å². The van der Waals surface area contributed by atoms with Crippen molar-refractivity contribution in [3.8, 4) is 16.5 Å². The van der Waals surface area contributed by atoms with Gasteiger partial charge in [-0.1, -0.05) is 17.4 Å². The number of nitrogens with zero attached hydrogens (tertiary/aromatic N) is 4. The summed E-state index contributed by atoms with van der Waals surface area (Å²) in [6.07, 6.45) is 3.91. The molecule has 1 aliphatic rings. The number of benzene rings is 1. The highest BCUT2D eigenvalue weighted by atomic mass is 32.1. The Morgan fingerprint density at radius 3 is 2.83 bits per heavy atom. The Labute approximate surface area is 176 Å². The molecule has 8 nitrogen and oxygen atoms in total. The Morgan fingerprint density at radius 1 is 1.17 bits per heavy atom. The smallest absolute Gasteiger partial charge is 0.270 e. The topological polar surface area (TPSA) is 102 Å². The standard InChI is InChI=1S/C21H18N6O2S/c1-29-13-7-8-16-14(10-13)15(11-18(23-16)12-5-6-12)19(28)24-26-21-27-25-20(30-21)17-4-2-3-9-22-17/h2-4,7-12H,5-6H2,1H3,(H,24,28)(H,26,27). The van der Waals surface area contributed by atoms with Gasteiger partial charge < -0.3 is 4.74 Å². The highest BCUT2D eigenvalue weighted by Crippen LogP contribution is 2.40. The third kappa shape index (κ3) is 3.67. The lowest BCUT2D eigenvalue weighted by molar-refractivity contribution is 0.0964. The minimum absolute atomic E-state index is 0.271. The molecule has 0 unspecified atom stereocenters. The zero-order chi connectivity index (χ0) is 20.5. The highest BCUT2D eigenvalue weighted by Gasteiger charge is 2.27. The van der Waals surface area contributed by atoms with E-state index in [4.69, 9.17) is 9.72 Å². The average Bonchev–Trinajstić information content (AvgIpc) is 3.54. The molecule has 0 bridgehead atoms. The summed E-state index contributed by atoms with van der Waals surface area (Å²) in [6.45, 7) is 0. The van der Waals surface area contributed by atoms with Crippen LogP contribution in [0.25, 0.3) is 21.6 Å². The average molecular weight is 418 g/mol. The van der Waals surface area contributed by atoms with Crippen molar-refractivity contribution in [1.82, 2.24) is 25.6 Å². The minimum atomic E-state index is -0.271. The van der Waals surface area contributed by atoms with Crippen LogP contribution in [0.15, 0.2) is 48.7 Å². The van der Waals surface area contributed by atoms with E-state index in [1.807, 2.05) is 42.5 Å². The van der Waals surface area contributed by atoms with Crippen LogP contribution in [0.5, 0.6) is 5.75 Å². The Morgan fingerprint density at radius 2 is 2.07 bits per heavy atom. The lowest BCUT2D eigenvalue weighted by atomic mass is 10.1. The summed E-state index contributed by atoms with van der Waals surface area (Å²) in [7, 11) is 1.60. The Hall–Kier alpha value is -3.59. The fourth-order valence-electron chi connectivity index (χ4n) is 3.17. The maximum Gasteiger partial charge on any atom is 0.270 e. The van der Waals surface area contributed by atoms with Crippen molar-refractivity contribution in [2.45, 2.75) is 18.8 Å². The summed E-state index contributed by atoms with van der Waals surface area (Å²) >= 11 is 1.31. The first-order valence-electron chi connectivity index (χ1n) is 9.51. The number of hydrogen-bond acceptors (Lipinski definition) is 8. The number of carbonyl (C=O) groups excluding carboxylic acids is 1. The number of nitrogens with one attached hydrogen (secondary N) is 2. The summed E-state index contributed by atoms with van der Waals surface area (Å²) in [5.74, 6) is 0.835. The molecule has 9 heteroatoms. The molecule has 1 fully saturated rings. The lowest BCUT2D eigenvalue weighted by Crippen LogP contribution is -2.29. The second-order valence-corrected chi connectivity index (χ2v) is 7.94. The van der Waals surface area contributed by atoms with Gasteiger partial charge in [0.2, 0.25) is 5.13 Å². The molecule has 150 valence electrons. The van der Waals surface area contributed by atoms with Crippen molar-refractivity contribution in [2.75, 3.05) is 12.5 Å². The quantitative estimate of drug-likeness (QED) is 0.459. The summed E-state index contributed by atoms with van der Waals surface area (Å²) < 4.78 is 5.32. The van der Waals surface area contributed by atoms with Crippen LogP contribution in [0.1, 0.15) is 34.8 Å². The van der Waals surface area contributed by atoms with Gasteiger partial charge in [0.15, 0.2) is 5.01 Å². The first-order chi connectivity index (χ1) is 14.7. The number of ether oxygens (including phenoxy) is 1. The largest absolute Gasteiger partial charge is 0.497 e. The van der Waals surface area contributed by atoms with Crippen molar-refractivity contribution in [3.05, 3.63) is 59.9 Å². The lowest BCUT2D eigenvalue weighted by Gasteiger charge is -2.11. The number of rotatable bonds is 6. The third-order valence-corrected chi connectivity index (χ3v) is 5.73. The summed E-state index contributed by atoms with van der Waals surface area (Å²) in [6, 6.07) is 13.0. The molecule has 1 aromatic carbocycles. The van der Waals surface area contributed by atoms with Crippen LogP contribution < -0.4 is 15.6 Å². The zero-order valence-electron chi connectivity index (χ0n) is 16.1. The van der Waals surface area contributed by atoms with Crippen LogP contribution in [0.2, 0.25) is 0 Å². The Bertz CT molecular complexity index is 1220. The predicted octanol–water partition coefficient (Wildman–Crippen LogP) is 3.79. The second kappa shape index (κ2) is 7.68. The summed E-state index contributed by atoms with van der Waals surface area (Å²) in [5.41, 5.74) is 8.59. The molecule has 5 rings (SSSR count). The molecular weight excluding hydrogens is 400 g/mol. The van der Waals surface area contributed by atoms with Crippen LogP contribution in [-0.4, -0.2) is 33.2 Å². The number of hydrazine groups is 1. The number of aromatic nitrogens is 4. The second-order valence-electron chi connectivity index (χ2n) is 6.96. The molecule has 0 atom stereocenters. The fraction of sp³-hybridized carbons (Fsp3) is 0.190. The van der Waals surface area contributed by atoms with Crippen molar-refractivity contribution < 1.29 is 9.53 Å². The summed E-state index contributed by atoms with van der Waals surface area (Å²) in [4.78, 5) is 22.0. The van der Waals surface area contributed by atoms with Gasteiger partial charge in [0.25, 0.3) is 5.91 Å².